The zero-order valence-corrected chi connectivity index (χ0v) is 12.4. The van der Waals surface area contributed by atoms with Crippen molar-refractivity contribution in [3.8, 4) is 17.2 Å². The van der Waals surface area contributed by atoms with Gasteiger partial charge in [0.15, 0.2) is 17.2 Å². The molecule has 0 spiro atoms. The predicted octanol–water partition coefficient (Wildman–Crippen LogP) is 1.48. The summed E-state index contributed by atoms with van der Waals surface area (Å²) in [5, 5.41) is 35.0. The van der Waals surface area contributed by atoms with E-state index in [9.17, 15) is 4.79 Å². The summed E-state index contributed by atoms with van der Waals surface area (Å²) >= 11 is 1.11. The molecule has 0 fully saturated rings. The molecule has 0 unspecified atom stereocenters. The molecule has 1 rings (SSSR count). The van der Waals surface area contributed by atoms with Crippen LogP contribution in [-0.2, 0) is 0 Å². The first kappa shape index (κ1) is 15.7. The Kier molecular flexibility index (Phi) is 7.78. The van der Waals surface area contributed by atoms with Crippen molar-refractivity contribution in [2.45, 2.75) is 13.9 Å². The van der Waals surface area contributed by atoms with Crippen molar-refractivity contribution in [2.75, 3.05) is 0 Å². The van der Waals surface area contributed by atoms with Gasteiger partial charge in [-0.25, -0.2) is 4.79 Å². The summed E-state index contributed by atoms with van der Waals surface area (Å²) in [5.41, 5.74) is -0.289. The van der Waals surface area contributed by atoms with Crippen LogP contribution in [0.25, 0.3) is 0 Å². The van der Waals surface area contributed by atoms with Crippen LogP contribution in [0.4, 0.5) is 0 Å². The fourth-order valence-electron chi connectivity index (χ4n) is 0.728. The van der Waals surface area contributed by atoms with E-state index in [0.717, 1.165) is 61.1 Å². The molecule has 6 heteroatoms. The number of carboxylic acid groups (broad SMARTS) is 1. The van der Waals surface area contributed by atoms with Gasteiger partial charge in [-0.15, -0.1) is 0 Å². The average molecular weight is 252 g/mol. The quantitative estimate of drug-likeness (QED) is 0.472. The monoisotopic (exact) mass is 252 g/mol. The Balaban J connectivity index is 0.000000487. The van der Waals surface area contributed by atoms with Gasteiger partial charge in [-0.2, -0.15) is 0 Å². The number of hydrogen-bond donors (Lipinski definition) is 4. The van der Waals surface area contributed by atoms with Crippen molar-refractivity contribution in [1.29, 1.82) is 0 Å². The summed E-state index contributed by atoms with van der Waals surface area (Å²) in [6, 6.07) is 1.69. The van der Waals surface area contributed by atoms with E-state index < -0.39 is 23.2 Å². The maximum absolute atomic E-state index is 10.3. The van der Waals surface area contributed by atoms with E-state index in [4.69, 9.17) is 20.4 Å². The van der Waals surface area contributed by atoms with E-state index in [2.05, 4.69) is 6.92 Å². The molecule has 0 amide bonds. The minimum absolute atomic E-state index is 0.289. The summed E-state index contributed by atoms with van der Waals surface area (Å²) in [6.07, 6.45) is 1.40. The van der Waals surface area contributed by atoms with E-state index >= 15 is 0 Å². The second kappa shape index (κ2) is 7.91. The molecule has 0 heterocycles. The minimum Gasteiger partial charge on any atom is -0.504 e. The SMILES string of the molecule is CC[CH2][K].O=C(O)c1cc(O)c(O)c(O)c1. The molecule has 0 aliphatic rings. The molecular formula is C10H13KO5. The van der Waals surface area contributed by atoms with Crippen molar-refractivity contribution in [2.24, 2.45) is 0 Å². The fourth-order valence-corrected chi connectivity index (χ4v) is 0.728. The third-order valence-corrected chi connectivity index (χ3v) is 3.38. The topological polar surface area (TPSA) is 98.0 Å². The van der Waals surface area contributed by atoms with Crippen LogP contribution < -0.4 is 0 Å². The van der Waals surface area contributed by atoms with Crippen LogP contribution in [0.3, 0.4) is 0 Å². The number of carboxylic acids is 1. The van der Waals surface area contributed by atoms with Gasteiger partial charge in [-0.05, 0) is 12.1 Å². The van der Waals surface area contributed by atoms with Crippen molar-refractivity contribution < 1.29 is 25.2 Å². The Morgan fingerprint density at radius 1 is 1.25 bits per heavy atom. The number of aromatic carboxylic acids is 1. The van der Waals surface area contributed by atoms with Gasteiger partial charge in [0, 0.05) is 0 Å². The summed E-state index contributed by atoms with van der Waals surface area (Å²) < 4.78 is 1.51. The molecule has 1 aromatic rings. The minimum atomic E-state index is -1.29. The zero-order valence-electron chi connectivity index (χ0n) is 9.27. The number of hydrogen-bond acceptors (Lipinski definition) is 4. The molecular weight excluding hydrogens is 239 g/mol. The molecule has 1 aromatic carbocycles. The standard InChI is InChI=1S/C7H6O5.C3H7.K/c8-4-1-3(7(11)12)2-5(9)6(4)10;1-3-2;/h1-2,8-10H,(H,11,12);1,3H2,2H3;. The van der Waals surface area contributed by atoms with Gasteiger partial charge >= 0.3 is 68.8 Å². The van der Waals surface area contributed by atoms with Crippen LogP contribution in [0.5, 0.6) is 17.2 Å². The number of phenols is 3. The normalized spacial score (nSPS) is 9.19. The Hall–Kier alpha value is -0.274. The average Bonchev–Trinajstić information content (AvgIpc) is 2.25. The van der Waals surface area contributed by atoms with E-state index in [-0.39, 0.29) is 5.56 Å². The van der Waals surface area contributed by atoms with E-state index in [1.807, 2.05) is 0 Å². The Bertz CT molecular complexity index is 339. The first-order chi connectivity index (χ1) is 7.43. The van der Waals surface area contributed by atoms with Gasteiger partial charge < -0.3 is 20.4 Å². The molecule has 4 N–H and O–H groups in total. The van der Waals surface area contributed by atoms with Crippen molar-refractivity contribution in [3.05, 3.63) is 17.7 Å². The summed E-state index contributed by atoms with van der Waals surface area (Å²) in [7, 11) is 0. The molecule has 84 valence electrons. The van der Waals surface area contributed by atoms with Gasteiger partial charge in [0.25, 0.3) is 0 Å². The summed E-state index contributed by atoms with van der Waals surface area (Å²) in [5.74, 6) is -3.33. The Morgan fingerprint density at radius 3 is 1.88 bits per heavy atom. The molecule has 5 nitrogen and oxygen atoms in total. The first-order valence-corrected chi connectivity index (χ1v) is 7.13. The number of phenolic OH excluding ortho intramolecular Hbond substituents is 3. The largest absolute Gasteiger partial charge is 0.504 e. The van der Waals surface area contributed by atoms with Crippen molar-refractivity contribution in [3.63, 3.8) is 0 Å². The molecule has 0 atom stereocenters. The van der Waals surface area contributed by atoms with Crippen molar-refractivity contribution >= 4 is 54.9 Å². The number of benzene rings is 1. The van der Waals surface area contributed by atoms with Crippen LogP contribution in [-0.4, -0.2) is 75.3 Å². The van der Waals surface area contributed by atoms with Crippen molar-refractivity contribution in [1.82, 2.24) is 0 Å². The third kappa shape index (κ3) is 5.18. The van der Waals surface area contributed by atoms with Crippen LogP contribution in [0.1, 0.15) is 23.7 Å². The second-order valence-electron chi connectivity index (χ2n) is 3.17. The zero-order chi connectivity index (χ0) is 12.7. The van der Waals surface area contributed by atoms with E-state index in [1.54, 1.807) is 0 Å². The maximum atomic E-state index is 10.3. The first-order valence-electron chi connectivity index (χ1n) is 4.92. The maximum Gasteiger partial charge on any atom is 0.335 e. The van der Waals surface area contributed by atoms with Crippen LogP contribution in [0, 0.1) is 0 Å². The molecule has 0 aliphatic carbocycles. The Morgan fingerprint density at radius 2 is 1.62 bits per heavy atom. The van der Waals surface area contributed by atoms with Gasteiger partial charge in [0.1, 0.15) is 0 Å². The van der Waals surface area contributed by atoms with E-state index in [0.29, 0.717) is 0 Å². The molecule has 0 radical (unpaired) electrons. The molecule has 0 aliphatic heterocycles. The smallest absolute Gasteiger partial charge is 0.335 e. The van der Waals surface area contributed by atoms with Crippen LogP contribution in [0.15, 0.2) is 12.1 Å². The molecule has 16 heavy (non-hydrogen) atoms. The van der Waals surface area contributed by atoms with Gasteiger partial charge in [-0.3, -0.25) is 0 Å². The predicted molar refractivity (Wildman–Crippen MR) is 59.2 cm³/mol. The van der Waals surface area contributed by atoms with Gasteiger partial charge in [0.2, 0.25) is 0 Å². The molecule has 0 aromatic heterocycles. The third-order valence-electron chi connectivity index (χ3n) is 1.82. The van der Waals surface area contributed by atoms with Crippen LogP contribution >= 0.6 is 0 Å². The number of aromatic hydroxyl groups is 3. The summed E-state index contributed by atoms with van der Waals surface area (Å²) in [4.78, 5) is 10.3. The van der Waals surface area contributed by atoms with Gasteiger partial charge in [-0.1, -0.05) is 0 Å². The second-order valence-corrected chi connectivity index (χ2v) is 4.73. The fraction of sp³-hybridized carbons (Fsp3) is 0.300. The number of rotatable bonds is 2. The summed E-state index contributed by atoms with van der Waals surface area (Å²) in [6.45, 7) is 2.23. The molecule has 0 saturated carbocycles. The Labute approximate surface area is 127 Å². The molecule has 0 bridgehead atoms. The van der Waals surface area contributed by atoms with E-state index in [1.165, 1.54) is 6.94 Å². The molecule has 0 saturated heterocycles. The van der Waals surface area contributed by atoms with Crippen LogP contribution in [0.2, 0.25) is 0.515 Å². The van der Waals surface area contributed by atoms with Gasteiger partial charge in [0.05, 0.1) is 5.56 Å². The number of carbonyl (C=O) groups is 1.